The van der Waals surface area contributed by atoms with Crippen LogP contribution in [0.4, 0.5) is 0 Å². The quantitative estimate of drug-likeness (QED) is 0.827. The summed E-state index contributed by atoms with van der Waals surface area (Å²) in [5.74, 6) is 1.44. The van der Waals surface area contributed by atoms with Crippen LogP contribution in [-0.4, -0.2) is 48.4 Å². The molecule has 0 bridgehead atoms. The van der Waals surface area contributed by atoms with Crippen molar-refractivity contribution in [2.24, 2.45) is 5.73 Å². The van der Waals surface area contributed by atoms with E-state index in [9.17, 15) is 0 Å². The van der Waals surface area contributed by atoms with Crippen LogP contribution in [0.5, 0.6) is 0 Å². The molecule has 1 aromatic rings. The lowest BCUT2D eigenvalue weighted by Gasteiger charge is -2.13. The van der Waals surface area contributed by atoms with E-state index in [-0.39, 0.29) is 18.1 Å². The van der Waals surface area contributed by atoms with Crippen LogP contribution in [0.1, 0.15) is 37.0 Å². The van der Waals surface area contributed by atoms with E-state index < -0.39 is 0 Å². The van der Waals surface area contributed by atoms with E-state index >= 15 is 0 Å². The third-order valence-corrected chi connectivity index (χ3v) is 3.04. The van der Waals surface area contributed by atoms with Gasteiger partial charge in [-0.25, -0.2) is 0 Å². The zero-order valence-corrected chi connectivity index (χ0v) is 10.6. The summed E-state index contributed by atoms with van der Waals surface area (Å²) in [5.41, 5.74) is 5.98. The van der Waals surface area contributed by atoms with Gasteiger partial charge in [-0.05, 0) is 27.4 Å². The molecule has 0 aromatic carbocycles. The molecule has 0 spiro atoms. The summed E-state index contributed by atoms with van der Waals surface area (Å²) in [4.78, 5) is 6.39. The first-order chi connectivity index (χ1) is 8.08. The van der Waals surface area contributed by atoms with E-state index in [1.165, 1.54) is 0 Å². The first-order valence-corrected chi connectivity index (χ1v) is 5.93. The third kappa shape index (κ3) is 2.83. The molecule has 6 nitrogen and oxygen atoms in total. The minimum Gasteiger partial charge on any atom is -0.378 e. The summed E-state index contributed by atoms with van der Waals surface area (Å²) in [6.07, 6.45) is 1.08. The number of nitrogens with zero attached hydrogens (tertiary/aromatic N) is 3. The topological polar surface area (TPSA) is 77.4 Å². The molecule has 1 aromatic heterocycles. The summed E-state index contributed by atoms with van der Waals surface area (Å²) in [7, 11) is 3.93. The first-order valence-electron chi connectivity index (χ1n) is 5.93. The van der Waals surface area contributed by atoms with Gasteiger partial charge in [0.25, 0.3) is 0 Å². The van der Waals surface area contributed by atoms with Crippen molar-refractivity contribution in [2.45, 2.75) is 31.4 Å². The lowest BCUT2D eigenvalue weighted by atomic mass is 10.0. The molecule has 1 saturated heterocycles. The van der Waals surface area contributed by atoms with Crippen molar-refractivity contribution < 1.29 is 9.26 Å². The van der Waals surface area contributed by atoms with Gasteiger partial charge in [0.1, 0.15) is 0 Å². The fourth-order valence-electron chi connectivity index (χ4n) is 2.08. The standard InChI is InChI=1S/C11H20N4O2/c1-7-8(4-5-16-7)11-13-10(14-17-11)9(12)6-15(2)3/h7-9H,4-6,12H2,1-3H3. The summed E-state index contributed by atoms with van der Waals surface area (Å²) >= 11 is 0. The van der Waals surface area contributed by atoms with Crippen LogP contribution in [0, 0.1) is 0 Å². The molecule has 96 valence electrons. The Kier molecular flexibility index (Phi) is 3.76. The predicted molar refractivity (Wildman–Crippen MR) is 62.6 cm³/mol. The molecule has 2 rings (SSSR count). The Bertz CT molecular complexity index is 366. The smallest absolute Gasteiger partial charge is 0.232 e. The highest BCUT2D eigenvalue weighted by Gasteiger charge is 2.31. The van der Waals surface area contributed by atoms with Gasteiger partial charge in [-0.2, -0.15) is 4.98 Å². The largest absolute Gasteiger partial charge is 0.378 e. The van der Waals surface area contributed by atoms with Gasteiger partial charge in [-0.1, -0.05) is 5.16 Å². The Morgan fingerprint density at radius 3 is 2.88 bits per heavy atom. The summed E-state index contributed by atoms with van der Waals surface area (Å²) in [6, 6.07) is -0.208. The van der Waals surface area contributed by atoms with Crippen LogP contribution in [0.15, 0.2) is 4.52 Å². The molecule has 0 saturated carbocycles. The Morgan fingerprint density at radius 2 is 2.29 bits per heavy atom. The molecule has 2 heterocycles. The molecule has 1 aliphatic heterocycles. The second-order valence-electron chi connectivity index (χ2n) is 4.83. The van der Waals surface area contributed by atoms with Crippen molar-refractivity contribution in [3.8, 4) is 0 Å². The Labute approximate surface area is 101 Å². The third-order valence-electron chi connectivity index (χ3n) is 3.04. The maximum Gasteiger partial charge on any atom is 0.232 e. The maximum absolute atomic E-state index is 5.98. The van der Waals surface area contributed by atoms with Gasteiger partial charge in [0, 0.05) is 13.2 Å². The molecule has 3 atom stereocenters. The number of ether oxygens (including phenoxy) is 1. The Hall–Kier alpha value is -0.980. The zero-order chi connectivity index (χ0) is 12.4. The van der Waals surface area contributed by atoms with Crippen LogP contribution in [-0.2, 0) is 4.74 Å². The van der Waals surface area contributed by atoms with Crippen molar-refractivity contribution in [1.82, 2.24) is 15.0 Å². The molecular weight excluding hydrogens is 220 g/mol. The monoisotopic (exact) mass is 240 g/mol. The Balaban J connectivity index is 2.05. The van der Waals surface area contributed by atoms with Crippen LogP contribution >= 0.6 is 0 Å². The Morgan fingerprint density at radius 1 is 1.53 bits per heavy atom. The van der Waals surface area contributed by atoms with Gasteiger partial charge in [-0.3, -0.25) is 0 Å². The number of aromatic nitrogens is 2. The van der Waals surface area contributed by atoms with Gasteiger partial charge >= 0.3 is 0 Å². The predicted octanol–water partition coefficient (Wildman–Crippen LogP) is 0.523. The number of likely N-dealkylation sites (N-methyl/N-ethyl adjacent to an activating group) is 1. The van der Waals surface area contributed by atoms with E-state index in [2.05, 4.69) is 10.1 Å². The molecule has 0 amide bonds. The molecule has 0 radical (unpaired) electrons. The molecule has 0 aliphatic carbocycles. The number of hydrogen-bond donors (Lipinski definition) is 1. The minimum absolute atomic E-state index is 0.147. The summed E-state index contributed by atoms with van der Waals surface area (Å²) in [6.45, 7) is 3.49. The second-order valence-corrected chi connectivity index (χ2v) is 4.83. The number of hydrogen-bond acceptors (Lipinski definition) is 6. The van der Waals surface area contributed by atoms with E-state index in [0.717, 1.165) is 13.0 Å². The lowest BCUT2D eigenvalue weighted by Crippen LogP contribution is -2.26. The average Bonchev–Trinajstić information content (AvgIpc) is 2.84. The minimum atomic E-state index is -0.208. The molecule has 17 heavy (non-hydrogen) atoms. The fourth-order valence-corrected chi connectivity index (χ4v) is 2.08. The zero-order valence-electron chi connectivity index (χ0n) is 10.6. The van der Waals surface area contributed by atoms with Crippen molar-refractivity contribution in [1.29, 1.82) is 0 Å². The van der Waals surface area contributed by atoms with Gasteiger partial charge in [0.05, 0.1) is 18.1 Å². The second kappa shape index (κ2) is 5.12. The van der Waals surface area contributed by atoms with Crippen molar-refractivity contribution in [3.63, 3.8) is 0 Å². The van der Waals surface area contributed by atoms with Gasteiger partial charge in [0.15, 0.2) is 5.82 Å². The number of nitrogens with two attached hydrogens (primary N) is 1. The molecule has 6 heteroatoms. The van der Waals surface area contributed by atoms with Crippen LogP contribution < -0.4 is 5.73 Å². The molecule has 1 fully saturated rings. The lowest BCUT2D eigenvalue weighted by molar-refractivity contribution is 0.113. The highest BCUT2D eigenvalue weighted by Crippen LogP contribution is 2.30. The first kappa shape index (κ1) is 12.5. The molecular formula is C11H20N4O2. The van der Waals surface area contributed by atoms with E-state index in [4.69, 9.17) is 15.0 Å². The van der Waals surface area contributed by atoms with E-state index in [0.29, 0.717) is 18.3 Å². The van der Waals surface area contributed by atoms with Crippen LogP contribution in [0.2, 0.25) is 0 Å². The van der Waals surface area contributed by atoms with E-state index in [1.54, 1.807) is 0 Å². The average molecular weight is 240 g/mol. The summed E-state index contributed by atoms with van der Waals surface area (Å²) in [5, 5.41) is 3.95. The van der Waals surface area contributed by atoms with Crippen LogP contribution in [0.3, 0.4) is 0 Å². The van der Waals surface area contributed by atoms with Crippen molar-refractivity contribution >= 4 is 0 Å². The van der Waals surface area contributed by atoms with E-state index in [1.807, 2.05) is 25.9 Å². The normalized spacial score (nSPS) is 26.6. The van der Waals surface area contributed by atoms with Crippen molar-refractivity contribution in [3.05, 3.63) is 11.7 Å². The SMILES string of the molecule is CC1OCCC1c1nc(C(N)CN(C)C)no1. The van der Waals surface area contributed by atoms with Crippen LogP contribution in [0.25, 0.3) is 0 Å². The molecule has 1 aliphatic rings. The highest BCUT2D eigenvalue weighted by molar-refractivity contribution is 5.01. The molecule has 3 unspecified atom stereocenters. The highest BCUT2D eigenvalue weighted by atomic mass is 16.5. The maximum atomic E-state index is 5.98. The number of rotatable bonds is 4. The fraction of sp³-hybridized carbons (Fsp3) is 0.818. The van der Waals surface area contributed by atoms with Gasteiger partial charge < -0.3 is 19.9 Å². The van der Waals surface area contributed by atoms with Gasteiger partial charge in [-0.15, -0.1) is 0 Å². The van der Waals surface area contributed by atoms with Gasteiger partial charge in [0.2, 0.25) is 5.89 Å². The van der Waals surface area contributed by atoms with Crippen molar-refractivity contribution in [2.75, 3.05) is 27.2 Å². The summed E-state index contributed by atoms with van der Waals surface area (Å²) < 4.78 is 10.8. The molecule has 2 N–H and O–H groups in total.